The molecule has 3 amide bonds. The zero-order chi connectivity index (χ0) is 24.9. The van der Waals surface area contributed by atoms with Crippen LogP contribution < -0.4 is 20.7 Å². The molecule has 2 aromatic heterocycles. The van der Waals surface area contributed by atoms with E-state index in [4.69, 9.17) is 4.74 Å². The highest BCUT2D eigenvalue weighted by Gasteiger charge is 2.58. The van der Waals surface area contributed by atoms with E-state index in [-0.39, 0.29) is 41.8 Å². The van der Waals surface area contributed by atoms with Crippen LogP contribution in [0.3, 0.4) is 0 Å². The van der Waals surface area contributed by atoms with Crippen LogP contribution in [0.4, 0.5) is 5.69 Å². The van der Waals surface area contributed by atoms with Crippen molar-refractivity contribution in [1.82, 2.24) is 25.2 Å². The first-order valence-corrected chi connectivity index (χ1v) is 12.7. The highest BCUT2D eigenvalue weighted by molar-refractivity contribution is 7.80. The summed E-state index contributed by atoms with van der Waals surface area (Å²) in [6.45, 7) is 0.817. The first-order valence-electron chi connectivity index (χ1n) is 12.0. The van der Waals surface area contributed by atoms with Crippen LogP contribution in [0.2, 0.25) is 0 Å². The summed E-state index contributed by atoms with van der Waals surface area (Å²) < 4.78 is 6.82. The SMILES string of the molecule is O=C1COc2ccc(CNC(=O)c3cc(C(=O)NCC45CCC4C(CS)C5)n4nccc4n3)cc2N1. The molecule has 186 valence electrons. The summed E-state index contributed by atoms with van der Waals surface area (Å²) in [4.78, 5) is 42.1. The summed E-state index contributed by atoms with van der Waals surface area (Å²) in [7, 11) is 0. The van der Waals surface area contributed by atoms with E-state index < -0.39 is 5.91 Å². The fourth-order valence-corrected chi connectivity index (χ4v) is 6.13. The molecule has 2 aliphatic carbocycles. The third kappa shape index (κ3) is 3.87. The summed E-state index contributed by atoms with van der Waals surface area (Å²) in [5.41, 5.74) is 2.35. The average Bonchev–Trinajstić information content (AvgIpc) is 3.36. The molecule has 0 bridgehead atoms. The van der Waals surface area contributed by atoms with E-state index in [1.807, 2.05) is 6.07 Å². The minimum absolute atomic E-state index is 0.0144. The Morgan fingerprint density at radius 1 is 1.22 bits per heavy atom. The van der Waals surface area contributed by atoms with Crippen LogP contribution in [0.5, 0.6) is 5.75 Å². The van der Waals surface area contributed by atoms with Crippen molar-refractivity contribution >= 4 is 41.7 Å². The smallest absolute Gasteiger partial charge is 0.270 e. The van der Waals surface area contributed by atoms with Gasteiger partial charge in [-0.15, -0.1) is 0 Å². The summed E-state index contributed by atoms with van der Waals surface area (Å²) in [6, 6.07) is 8.45. The molecular weight excluding hydrogens is 480 g/mol. The molecular formula is C25H26N6O4S. The number of anilines is 1. The lowest BCUT2D eigenvalue weighted by Gasteiger charge is -2.63. The predicted molar refractivity (Wildman–Crippen MR) is 134 cm³/mol. The van der Waals surface area contributed by atoms with Gasteiger partial charge in [-0.05, 0) is 60.0 Å². The summed E-state index contributed by atoms with van der Waals surface area (Å²) in [5, 5.41) is 12.9. The van der Waals surface area contributed by atoms with E-state index in [0.717, 1.165) is 24.2 Å². The van der Waals surface area contributed by atoms with E-state index in [2.05, 4.69) is 38.7 Å². The fourth-order valence-electron chi connectivity index (χ4n) is 5.75. The maximum atomic E-state index is 13.1. The van der Waals surface area contributed by atoms with Gasteiger partial charge in [0, 0.05) is 25.2 Å². The number of fused-ring (bicyclic) bond motifs is 3. The van der Waals surface area contributed by atoms with Crippen molar-refractivity contribution in [3.8, 4) is 5.75 Å². The molecule has 3 aliphatic rings. The van der Waals surface area contributed by atoms with Gasteiger partial charge >= 0.3 is 0 Å². The minimum atomic E-state index is -0.418. The number of thiol groups is 1. The van der Waals surface area contributed by atoms with Gasteiger partial charge in [-0.25, -0.2) is 9.50 Å². The number of nitrogens with one attached hydrogen (secondary N) is 3. The Balaban J connectivity index is 1.15. The topological polar surface area (TPSA) is 127 Å². The molecule has 0 saturated heterocycles. The third-order valence-corrected chi connectivity index (χ3v) is 8.24. The number of ether oxygens (including phenoxy) is 1. The normalized spacial score (nSPS) is 23.9. The molecule has 1 aromatic carbocycles. The van der Waals surface area contributed by atoms with Crippen LogP contribution in [-0.2, 0) is 11.3 Å². The van der Waals surface area contributed by atoms with Gasteiger partial charge < -0.3 is 20.7 Å². The zero-order valence-electron chi connectivity index (χ0n) is 19.5. The van der Waals surface area contributed by atoms with E-state index in [9.17, 15) is 14.4 Å². The summed E-state index contributed by atoms with van der Waals surface area (Å²) in [5.74, 6) is 1.85. The monoisotopic (exact) mass is 506 g/mol. The summed E-state index contributed by atoms with van der Waals surface area (Å²) in [6.07, 6.45) is 4.98. The lowest BCUT2D eigenvalue weighted by Crippen LogP contribution is -2.61. The van der Waals surface area contributed by atoms with Crippen LogP contribution in [0.15, 0.2) is 36.5 Å². The quantitative estimate of drug-likeness (QED) is 0.364. The molecule has 11 heteroatoms. The van der Waals surface area contributed by atoms with Crippen LogP contribution >= 0.6 is 12.6 Å². The summed E-state index contributed by atoms with van der Waals surface area (Å²) >= 11 is 4.45. The number of nitrogens with zero attached hydrogens (tertiary/aromatic N) is 3. The predicted octanol–water partition coefficient (Wildman–Crippen LogP) is 2.07. The van der Waals surface area contributed by atoms with E-state index in [1.54, 1.807) is 24.4 Å². The highest BCUT2D eigenvalue weighted by atomic mass is 32.1. The molecule has 3 unspecified atom stereocenters. The molecule has 3 aromatic rings. The van der Waals surface area contributed by atoms with Gasteiger partial charge in [-0.1, -0.05) is 6.07 Å². The van der Waals surface area contributed by atoms with E-state index in [0.29, 0.717) is 35.5 Å². The van der Waals surface area contributed by atoms with Crippen molar-refractivity contribution in [1.29, 1.82) is 0 Å². The molecule has 6 rings (SSSR count). The van der Waals surface area contributed by atoms with Crippen molar-refractivity contribution in [3.63, 3.8) is 0 Å². The number of aromatic nitrogens is 3. The molecule has 3 N–H and O–H groups in total. The van der Waals surface area contributed by atoms with Gasteiger partial charge in [0.05, 0.1) is 11.9 Å². The number of rotatable bonds is 7. The molecule has 3 atom stereocenters. The highest BCUT2D eigenvalue weighted by Crippen LogP contribution is 2.64. The maximum absolute atomic E-state index is 13.1. The molecule has 0 spiro atoms. The Morgan fingerprint density at radius 2 is 2.11 bits per heavy atom. The Morgan fingerprint density at radius 3 is 2.89 bits per heavy atom. The number of amides is 3. The first kappa shape index (κ1) is 22.8. The van der Waals surface area contributed by atoms with E-state index in [1.165, 1.54) is 17.0 Å². The van der Waals surface area contributed by atoms with Crippen LogP contribution in [0.25, 0.3) is 5.65 Å². The molecule has 2 saturated carbocycles. The van der Waals surface area contributed by atoms with Crippen molar-refractivity contribution < 1.29 is 19.1 Å². The van der Waals surface area contributed by atoms with Gasteiger partial charge in [0.25, 0.3) is 17.7 Å². The maximum Gasteiger partial charge on any atom is 0.270 e. The second kappa shape index (κ2) is 8.81. The van der Waals surface area contributed by atoms with Crippen LogP contribution in [0, 0.1) is 17.3 Å². The Labute approximate surface area is 212 Å². The molecule has 1 aliphatic heterocycles. The second-order valence-electron chi connectivity index (χ2n) is 9.81. The zero-order valence-corrected chi connectivity index (χ0v) is 20.4. The molecule has 3 heterocycles. The standard InChI is InChI=1S/C25H26N6O4S/c32-22-11-35-20-2-1-14(7-17(20)30-22)10-26-23(33)18-8-19(31-21(29-18)4-6-28-31)24(34)27-13-25-5-3-16(25)15(9-25)12-36/h1-2,4,6-8,15-16,36H,3,5,9-13H2,(H,26,33)(H,27,34)(H,30,32). The Bertz CT molecular complexity index is 1390. The Hall–Kier alpha value is -3.60. The fraction of sp³-hybridized carbons (Fsp3) is 0.400. The van der Waals surface area contributed by atoms with Crippen LogP contribution in [0.1, 0.15) is 45.8 Å². The lowest BCUT2D eigenvalue weighted by atomic mass is 9.43. The van der Waals surface area contributed by atoms with Gasteiger partial charge in [0.2, 0.25) is 0 Å². The molecule has 0 radical (unpaired) electrons. The third-order valence-electron chi connectivity index (χ3n) is 7.77. The second-order valence-corrected chi connectivity index (χ2v) is 10.2. The van der Waals surface area contributed by atoms with Gasteiger partial charge in [-0.2, -0.15) is 17.7 Å². The molecule has 10 nitrogen and oxygen atoms in total. The number of benzene rings is 1. The van der Waals surface area contributed by atoms with Gasteiger partial charge in [0.1, 0.15) is 17.1 Å². The minimum Gasteiger partial charge on any atom is -0.482 e. The van der Waals surface area contributed by atoms with Gasteiger partial charge in [-0.3, -0.25) is 14.4 Å². The Kier molecular flexibility index (Phi) is 5.59. The van der Waals surface area contributed by atoms with Crippen molar-refractivity contribution in [2.45, 2.75) is 25.8 Å². The number of carbonyl (C=O) groups excluding carboxylic acids is 3. The van der Waals surface area contributed by atoms with Crippen molar-refractivity contribution in [2.24, 2.45) is 17.3 Å². The number of carbonyl (C=O) groups is 3. The molecule has 36 heavy (non-hydrogen) atoms. The number of hydrogen-bond acceptors (Lipinski definition) is 7. The van der Waals surface area contributed by atoms with Crippen molar-refractivity contribution in [3.05, 3.63) is 53.5 Å². The van der Waals surface area contributed by atoms with Crippen LogP contribution in [-0.4, -0.2) is 51.2 Å². The average molecular weight is 507 g/mol. The van der Waals surface area contributed by atoms with E-state index >= 15 is 0 Å². The molecule has 2 fully saturated rings. The first-order chi connectivity index (χ1) is 17.5. The van der Waals surface area contributed by atoms with Crippen molar-refractivity contribution in [2.75, 3.05) is 24.2 Å². The largest absolute Gasteiger partial charge is 0.482 e. The number of hydrogen-bond donors (Lipinski definition) is 4. The lowest BCUT2D eigenvalue weighted by molar-refractivity contribution is -0.120. The van der Waals surface area contributed by atoms with Gasteiger partial charge in [0.15, 0.2) is 12.3 Å².